The van der Waals surface area contributed by atoms with Crippen LogP contribution in [0.25, 0.3) is 0 Å². The van der Waals surface area contributed by atoms with Crippen LogP contribution in [-0.4, -0.2) is 24.1 Å². The van der Waals surface area contributed by atoms with Gasteiger partial charge in [0.15, 0.2) is 0 Å². The van der Waals surface area contributed by atoms with Crippen LogP contribution in [0, 0.1) is 5.92 Å². The number of rotatable bonds is 4. The number of ether oxygens (including phenoxy) is 1. The number of carboxylic acids is 1. The number of thiophene rings is 1. The average Bonchev–Trinajstić information content (AvgIpc) is 2.91. The smallest absolute Gasteiger partial charge is 0.339 e. The van der Waals surface area contributed by atoms with Crippen LogP contribution in [0.2, 0.25) is 0 Å². The highest BCUT2D eigenvalue weighted by atomic mass is 32.1. The van der Waals surface area contributed by atoms with Crippen molar-refractivity contribution in [3.8, 4) is 5.75 Å². The Bertz CT molecular complexity index is 779. The predicted molar refractivity (Wildman–Crippen MR) is 93.4 cm³/mol. The van der Waals surface area contributed by atoms with Gasteiger partial charge in [0, 0.05) is 10.4 Å². The molecular formula is C18H19NO4S. The fourth-order valence-corrected chi connectivity index (χ4v) is 4.38. The van der Waals surface area contributed by atoms with E-state index in [0.717, 1.165) is 29.7 Å². The van der Waals surface area contributed by atoms with Crippen molar-refractivity contribution in [1.29, 1.82) is 0 Å². The highest BCUT2D eigenvalue weighted by molar-refractivity contribution is 7.17. The highest BCUT2D eigenvalue weighted by Gasteiger charge is 2.28. The Hall–Kier alpha value is -2.34. The Morgan fingerprint density at radius 1 is 1.29 bits per heavy atom. The summed E-state index contributed by atoms with van der Waals surface area (Å²) in [5.74, 6) is -0.0832. The molecule has 0 fully saturated rings. The number of anilines is 1. The number of aromatic carboxylic acids is 1. The van der Waals surface area contributed by atoms with Gasteiger partial charge in [-0.3, -0.25) is 4.79 Å². The minimum absolute atomic E-state index is 0.253. The largest absolute Gasteiger partial charge is 0.497 e. The molecular weight excluding hydrogens is 326 g/mol. The van der Waals surface area contributed by atoms with Crippen LogP contribution in [0.5, 0.6) is 5.75 Å². The minimum Gasteiger partial charge on any atom is -0.497 e. The number of nitrogens with one attached hydrogen (secondary N) is 1. The summed E-state index contributed by atoms with van der Waals surface area (Å²) in [5.41, 5.74) is 1.60. The summed E-state index contributed by atoms with van der Waals surface area (Å²) in [4.78, 5) is 25.2. The number of hydrogen-bond donors (Lipinski definition) is 2. The summed E-state index contributed by atoms with van der Waals surface area (Å²) in [6.07, 6.45) is 2.61. The molecule has 0 saturated carbocycles. The molecule has 1 aromatic carbocycles. The van der Waals surface area contributed by atoms with Crippen LogP contribution in [0.3, 0.4) is 0 Å². The third-order valence-electron chi connectivity index (χ3n) is 4.30. The lowest BCUT2D eigenvalue weighted by atomic mass is 9.88. The molecule has 5 nitrogen and oxygen atoms in total. The predicted octanol–water partition coefficient (Wildman–Crippen LogP) is 3.83. The second-order valence-electron chi connectivity index (χ2n) is 6.04. The van der Waals surface area contributed by atoms with Crippen molar-refractivity contribution in [2.45, 2.75) is 26.2 Å². The molecule has 1 aliphatic rings. The maximum Gasteiger partial charge on any atom is 0.339 e. The Morgan fingerprint density at radius 2 is 2.00 bits per heavy atom. The molecule has 1 aliphatic carbocycles. The Labute approximate surface area is 144 Å². The Kier molecular flexibility index (Phi) is 4.57. The molecule has 6 heteroatoms. The van der Waals surface area contributed by atoms with Crippen molar-refractivity contribution in [2.75, 3.05) is 12.4 Å². The van der Waals surface area contributed by atoms with Gasteiger partial charge in [-0.25, -0.2) is 4.79 Å². The molecule has 0 bridgehead atoms. The fourth-order valence-electron chi connectivity index (χ4n) is 2.98. The molecule has 2 aromatic rings. The molecule has 0 radical (unpaired) electrons. The topological polar surface area (TPSA) is 75.6 Å². The molecule has 0 saturated heterocycles. The maximum absolute atomic E-state index is 12.4. The molecule has 0 aliphatic heterocycles. The van der Waals surface area contributed by atoms with Crippen LogP contribution in [-0.2, 0) is 12.8 Å². The lowest BCUT2D eigenvalue weighted by Gasteiger charge is -2.17. The number of hydrogen-bond acceptors (Lipinski definition) is 4. The van der Waals surface area contributed by atoms with E-state index in [-0.39, 0.29) is 11.5 Å². The SMILES string of the molecule is COc1ccc(C(=O)Nc2sc3c(c2C(=O)O)CCC(C)C3)cc1. The zero-order chi connectivity index (χ0) is 17.3. The summed E-state index contributed by atoms with van der Waals surface area (Å²) < 4.78 is 5.08. The molecule has 3 rings (SSSR count). The van der Waals surface area contributed by atoms with Gasteiger partial charge < -0.3 is 15.2 Å². The molecule has 0 spiro atoms. The highest BCUT2D eigenvalue weighted by Crippen LogP contribution is 2.39. The summed E-state index contributed by atoms with van der Waals surface area (Å²) in [6.45, 7) is 2.17. The van der Waals surface area contributed by atoms with Gasteiger partial charge in [-0.2, -0.15) is 0 Å². The number of methoxy groups -OCH3 is 1. The first-order chi connectivity index (χ1) is 11.5. The first-order valence-corrected chi connectivity index (χ1v) is 8.64. The zero-order valence-corrected chi connectivity index (χ0v) is 14.4. The normalized spacial score (nSPS) is 16.3. The quantitative estimate of drug-likeness (QED) is 0.883. The van der Waals surface area contributed by atoms with E-state index >= 15 is 0 Å². The average molecular weight is 345 g/mol. The standard InChI is InChI=1S/C18H19NO4S/c1-10-3-8-13-14(9-10)24-17(15(13)18(21)22)19-16(20)11-4-6-12(23-2)7-5-11/h4-7,10H,3,8-9H2,1-2H3,(H,19,20)(H,21,22). The Morgan fingerprint density at radius 3 is 2.62 bits per heavy atom. The second kappa shape index (κ2) is 6.65. The molecule has 2 N–H and O–H groups in total. The van der Waals surface area contributed by atoms with Crippen LogP contribution in [0.1, 0.15) is 44.5 Å². The van der Waals surface area contributed by atoms with Crippen molar-refractivity contribution >= 4 is 28.2 Å². The number of fused-ring (bicyclic) bond motifs is 1. The minimum atomic E-state index is -0.980. The monoisotopic (exact) mass is 345 g/mol. The van der Waals surface area contributed by atoms with Crippen LogP contribution < -0.4 is 10.1 Å². The lowest BCUT2D eigenvalue weighted by molar-refractivity contribution is 0.0697. The van der Waals surface area contributed by atoms with Crippen molar-refractivity contribution in [1.82, 2.24) is 0 Å². The van der Waals surface area contributed by atoms with Gasteiger partial charge in [0.2, 0.25) is 0 Å². The van der Waals surface area contributed by atoms with E-state index in [9.17, 15) is 14.7 Å². The lowest BCUT2D eigenvalue weighted by Crippen LogP contribution is -2.15. The van der Waals surface area contributed by atoms with Crippen molar-refractivity contribution in [3.05, 3.63) is 45.8 Å². The zero-order valence-electron chi connectivity index (χ0n) is 13.6. The molecule has 1 unspecified atom stereocenters. The van der Waals surface area contributed by atoms with Gasteiger partial charge in [-0.1, -0.05) is 6.92 Å². The van der Waals surface area contributed by atoms with E-state index in [1.807, 2.05) is 0 Å². The van der Waals surface area contributed by atoms with E-state index in [4.69, 9.17) is 4.74 Å². The van der Waals surface area contributed by atoms with E-state index in [1.165, 1.54) is 11.3 Å². The van der Waals surface area contributed by atoms with E-state index in [0.29, 0.717) is 22.2 Å². The maximum atomic E-state index is 12.4. The van der Waals surface area contributed by atoms with Gasteiger partial charge in [-0.05, 0) is 55.0 Å². The molecule has 24 heavy (non-hydrogen) atoms. The van der Waals surface area contributed by atoms with Crippen molar-refractivity contribution in [2.24, 2.45) is 5.92 Å². The van der Waals surface area contributed by atoms with Gasteiger partial charge in [-0.15, -0.1) is 11.3 Å². The van der Waals surface area contributed by atoms with Gasteiger partial charge in [0.05, 0.1) is 12.7 Å². The van der Waals surface area contributed by atoms with E-state index in [1.54, 1.807) is 31.4 Å². The third kappa shape index (κ3) is 3.14. The summed E-state index contributed by atoms with van der Waals surface area (Å²) in [5, 5.41) is 12.8. The Balaban J connectivity index is 1.88. The van der Waals surface area contributed by atoms with Gasteiger partial charge in [0.25, 0.3) is 5.91 Å². The van der Waals surface area contributed by atoms with E-state index < -0.39 is 5.97 Å². The number of amides is 1. The van der Waals surface area contributed by atoms with Crippen LogP contribution >= 0.6 is 11.3 Å². The fraction of sp³-hybridized carbons (Fsp3) is 0.333. The molecule has 1 amide bonds. The van der Waals surface area contributed by atoms with Crippen LogP contribution in [0.15, 0.2) is 24.3 Å². The second-order valence-corrected chi connectivity index (χ2v) is 7.15. The molecule has 126 valence electrons. The van der Waals surface area contributed by atoms with Crippen LogP contribution in [0.4, 0.5) is 5.00 Å². The summed E-state index contributed by atoms with van der Waals surface area (Å²) in [7, 11) is 1.56. The molecule has 1 aromatic heterocycles. The number of carbonyl (C=O) groups excluding carboxylic acids is 1. The van der Waals surface area contributed by atoms with Crippen molar-refractivity contribution in [3.63, 3.8) is 0 Å². The summed E-state index contributed by atoms with van der Waals surface area (Å²) >= 11 is 1.39. The third-order valence-corrected chi connectivity index (χ3v) is 5.47. The van der Waals surface area contributed by atoms with Crippen molar-refractivity contribution < 1.29 is 19.4 Å². The first kappa shape index (κ1) is 16.5. The number of benzene rings is 1. The van der Waals surface area contributed by atoms with Gasteiger partial charge in [0.1, 0.15) is 10.8 Å². The molecule has 1 atom stereocenters. The number of carboxylic acid groups (broad SMARTS) is 1. The molecule has 1 heterocycles. The van der Waals surface area contributed by atoms with Gasteiger partial charge >= 0.3 is 5.97 Å². The number of carbonyl (C=O) groups is 2. The van der Waals surface area contributed by atoms with E-state index in [2.05, 4.69) is 12.2 Å². The first-order valence-electron chi connectivity index (χ1n) is 7.82. The summed E-state index contributed by atoms with van der Waals surface area (Å²) in [6, 6.07) is 6.72.